The van der Waals surface area contributed by atoms with Crippen molar-refractivity contribution in [2.24, 2.45) is 5.92 Å². The topological polar surface area (TPSA) is 79.9 Å². The van der Waals surface area contributed by atoms with Gasteiger partial charge in [0.2, 0.25) is 6.41 Å². The molecule has 0 radical (unpaired) electrons. The number of esters is 1. The normalized spacial score (nSPS) is 19.8. The SMILES string of the molecule is CCOC(=O)c1cc(F)c(N2CCC(C(NC=O)OC(C)(C)C)C2)c(C)c1NC1CC1. The Balaban J connectivity index is 1.88. The molecule has 3 rings (SSSR count). The lowest BCUT2D eigenvalue weighted by molar-refractivity contribution is -0.125. The summed E-state index contributed by atoms with van der Waals surface area (Å²) in [7, 11) is 0. The van der Waals surface area contributed by atoms with E-state index in [9.17, 15) is 9.59 Å². The van der Waals surface area contributed by atoms with Crippen molar-refractivity contribution in [3.05, 3.63) is 23.0 Å². The van der Waals surface area contributed by atoms with Crippen molar-refractivity contribution in [3.8, 4) is 0 Å². The first-order valence-electron chi connectivity index (χ1n) is 11.0. The second-order valence-electron chi connectivity index (χ2n) is 9.32. The molecule has 2 fully saturated rings. The van der Waals surface area contributed by atoms with Gasteiger partial charge in [-0.2, -0.15) is 0 Å². The van der Waals surface area contributed by atoms with Gasteiger partial charge in [0.15, 0.2) is 0 Å². The highest BCUT2D eigenvalue weighted by atomic mass is 19.1. The Bertz CT molecular complexity index is 820. The summed E-state index contributed by atoms with van der Waals surface area (Å²) in [6, 6.07) is 1.59. The first-order valence-corrected chi connectivity index (χ1v) is 11.0. The van der Waals surface area contributed by atoms with E-state index in [-0.39, 0.29) is 18.1 Å². The molecule has 1 aliphatic heterocycles. The Kier molecular flexibility index (Phi) is 7.09. The van der Waals surface area contributed by atoms with E-state index in [2.05, 4.69) is 10.6 Å². The number of ether oxygens (including phenoxy) is 2. The van der Waals surface area contributed by atoms with Gasteiger partial charge in [-0.05, 0) is 65.5 Å². The number of carbonyl (C=O) groups excluding carboxylic acids is 2. The average Bonchev–Trinajstić information content (AvgIpc) is 3.37. The smallest absolute Gasteiger partial charge is 0.340 e. The lowest BCUT2D eigenvalue weighted by Gasteiger charge is -2.31. The number of carbonyl (C=O) groups is 2. The molecule has 2 aliphatic rings. The van der Waals surface area contributed by atoms with E-state index in [1.165, 1.54) is 6.07 Å². The monoisotopic (exact) mass is 435 g/mol. The van der Waals surface area contributed by atoms with Crippen molar-refractivity contribution in [1.29, 1.82) is 0 Å². The fourth-order valence-electron chi connectivity index (χ4n) is 4.09. The molecular formula is C23H34FN3O4. The van der Waals surface area contributed by atoms with Gasteiger partial charge in [-0.15, -0.1) is 0 Å². The molecule has 2 unspecified atom stereocenters. The third-order valence-corrected chi connectivity index (χ3v) is 5.60. The van der Waals surface area contributed by atoms with Gasteiger partial charge < -0.3 is 25.0 Å². The van der Waals surface area contributed by atoms with Gasteiger partial charge in [-0.3, -0.25) is 4.79 Å². The van der Waals surface area contributed by atoms with Crippen LogP contribution in [0.15, 0.2) is 6.07 Å². The summed E-state index contributed by atoms with van der Waals surface area (Å²) in [4.78, 5) is 25.5. The second kappa shape index (κ2) is 9.42. The van der Waals surface area contributed by atoms with Crippen molar-refractivity contribution in [2.75, 3.05) is 29.9 Å². The van der Waals surface area contributed by atoms with Crippen LogP contribution in [0.4, 0.5) is 15.8 Å². The molecular weight excluding hydrogens is 401 g/mol. The van der Waals surface area contributed by atoms with Gasteiger partial charge in [0.05, 0.1) is 29.1 Å². The Hall–Kier alpha value is -2.35. The first-order chi connectivity index (χ1) is 14.6. The van der Waals surface area contributed by atoms with Crippen molar-refractivity contribution in [2.45, 2.75) is 71.8 Å². The summed E-state index contributed by atoms with van der Waals surface area (Å²) < 4.78 is 26.4. The number of benzene rings is 1. The summed E-state index contributed by atoms with van der Waals surface area (Å²) >= 11 is 0. The maximum absolute atomic E-state index is 15.3. The minimum atomic E-state index is -0.521. The lowest BCUT2D eigenvalue weighted by atomic mass is 10.0. The van der Waals surface area contributed by atoms with Crippen LogP contribution >= 0.6 is 0 Å². The molecule has 1 aliphatic carbocycles. The van der Waals surface area contributed by atoms with Crippen LogP contribution in [-0.4, -0.2) is 49.9 Å². The second-order valence-corrected chi connectivity index (χ2v) is 9.32. The number of hydrogen-bond donors (Lipinski definition) is 2. The van der Waals surface area contributed by atoms with Crippen LogP contribution in [0.2, 0.25) is 0 Å². The van der Waals surface area contributed by atoms with Crippen LogP contribution in [0.25, 0.3) is 0 Å². The van der Waals surface area contributed by atoms with Gasteiger partial charge in [-0.25, -0.2) is 9.18 Å². The van der Waals surface area contributed by atoms with Crippen molar-refractivity contribution >= 4 is 23.8 Å². The summed E-state index contributed by atoms with van der Waals surface area (Å²) in [5.41, 5.74) is 1.65. The summed E-state index contributed by atoms with van der Waals surface area (Å²) in [5, 5.41) is 6.16. The molecule has 7 nitrogen and oxygen atoms in total. The number of rotatable bonds is 9. The molecule has 0 spiro atoms. The van der Waals surface area contributed by atoms with Gasteiger partial charge in [0.1, 0.15) is 12.0 Å². The Labute approximate surface area is 183 Å². The molecule has 1 heterocycles. The fraction of sp³-hybridized carbons (Fsp3) is 0.652. The molecule has 31 heavy (non-hydrogen) atoms. The third-order valence-electron chi connectivity index (χ3n) is 5.60. The molecule has 1 aromatic rings. The standard InChI is InChI=1S/C23H34FN3O4/c1-6-30-22(29)17-11-18(24)20(14(2)19(17)26-16-7-8-16)27-10-9-15(12-27)21(25-13-28)31-23(3,4)5/h11,13,15-16,21,26H,6-10,12H2,1-5H3,(H,25,28). The molecule has 0 aromatic heterocycles. The van der Waals surface area contributed by atoms with Gasteiger partial charge in [0.25, 0.3) is 0 Å². The predicted octanol–water partition coefficient (Wildman–Crippen LogP) is 3.60. The molecule has 2 N–H and O–H groups in total. The van der Waals surface area contributed by atoms with E-state index in [0.29, 0.717) is 42.5 Å². The Morgan fingerprint density at radius 2 is 2.06 bits per heavy atom. The number of anilines is 2. The van der Waals surface area contributed by atoms with E-state index in [0.717, 1.165) is 19.3 Å². The molecule has 1 saturated heterocycles. The van der Waals surface area contributed by atoms with E-state index < -0.39 is 23.6 Å². The van der Waals surface area contributed by atoms with Crippen molar-refractivity contribution < 1.29 is 23.5 Å². The maximum atomic E-state index is 15.3. The summed E-state index contributed by atoms with van der Waals surface area (Å²) in [5.74, 6) is -0.945. The largest absolute Gasteiger partial charge is 0.462 e. The first kappa shape index (κ1) is 23.3. The van der Waals surface area contributed by atoms with Crippen molar-refractivity contribution in [1.82, 2.24) is 5.32 Å². The van der Waals surface area contributed by atoms with Gasteiger partial charge >= 0.3 is 5.97 Å². The summed E-state index contributed by atoms with van der Waals surface area (Å²) in [6.45, 7) is 10.8. The van der Waals surface area contributed by atoms with Crippen LogP contribution in [0, 0.1) is 18.7 Å². The fourth-order valence-corrected chi connectivity index (χ4v) is 4.09. The zero-order valence-corrected chi connectivity index (χ0v) is 19.1. The third kappa shape index (κ3) is 5.67. The van der Waals surface area contributed by atoms with E-state index in [1.807, 2.05) is 32.6 Å². The van der Waals surface area contributed by atoms with E-state index in [1.54, 1.807) is 6.92 Å². The molecule has 1 aromatic carbocycles. The predicted molar refractivity (Wildman–Crippen MR) is 118 cm³/mol. The van der Waals surface area contributed by atoms with Crippen LogP contribution in [0.5, 0.6) is 0 Å². The van der Waals surface area contributed by atoms with Gasteiger partial charge in [0, 0.05) is 25.0 Å². The molecule has 0 bridgehead atoms. The lowest BCUT2D eigenvalue weighted by Crippen LogP contribution is -2.44. The number of halogens is 1. The molecule has 1 saturated carbocycles. The molecule has 172 valence electrons. The molecule has 1 amide bonds. The van der Waals surface area contributed by atoms with Crippen LogP contribution < -0.4 is 15.5 Å². The number of nitrogens with zero attached hydrogens (tertiary/aromatic N) is 1. The van der Waals surface area contributed by atoms with Crippen LogP contribution in [0.1, 0.15) is 62.9 Å². The summed E-state index contributed by atoms with van der Waals surface area (Å²) in [6.07, 6.45) is 3.02. The Morgan fingerprint density at radius 1 is 1.35 bits per heavy atom. The quantitative estimate of drug-likeness (QED) is 0.351. The molecule has 8 heteroatoms. The average molecular weight is 436 g/mol. The van der Waals surface area contributed by atoms with Crippen molar-refractivity contribution in [3.63, 3.8) is 0 Å². The highest BCUT2D eigenvalue weighted by molar-refractivity contribution is 5.98. The van der Waals surface area contributed by atoms with Gasteiger partial charge in [-0.1, -0.05) is 0 Å². The highest BCUT2D eigenvalue weighted by Gasteiger charge is 2.35. The highest BCUT2D eigenvalue weighted by Crippen LogP contribution is 2.39. The zero-order chi connectivity index (χ0) is 22.8. The number of hydrogen-bond acceptors (Lipinski definition) is 6. The number of amides is 1. The Morgan fingerprint density at radius 3 is 2.65 bits per heavy atom. The zero-order valence-electron chi connectivity index (χ0n) is 19.1. The van der Waals surface area contributed by atoms with E-state index >= 15 is 4.39 Å². The van der Waals surface area contributed by atoms with Crippen LogP contribution in [0.3, 0.4) is 0 Å². The maximum Gasteiger partial charge on any atom is 0.340 e. The minimum Gasteiger partial charge on any atom is -0.462 e. The van der Waals surface area contributed by atoms with Crippen LogP contribution in [-0.2, 0) is 14.3 Å². The number of nitrogens with one attached hydrogen (secondary N) is 2. The minimum absolute atomic E-state index is 0.0211. The molecule has 2 atom stereocenters. The van der Waals surface area contributed by atoms with E-state index in [4.69, 9.17) is 9.47 Å².